The van der Waals surface area contributed by atoms with Gasteiger partial charge in [0.1, 0.15) is 12.4 Å². The largest absolute Gasteiger partial charge is 0.381 e. The van der Waals surface area contributed by atoms with Gasteiger partial charge in [0, 0.05) is 20.1 Å². The molecular formula is C15H25N3O4SSi. The second-order valence-corrected chi connectivity index (χ2v) is 13.8. The van der Waals surface area contributed by atoms with Crippen molar-refractivity contribution < 1.29 is 19.1 Å². The molecule has 0 saturated heterocycles. The molecule has 2 heterocycles. The van der Waals surface area contributed by atoms with Gasteiger partial charge in [0.05, 0.1) is 12.3 Å². The lowest BCUT2D eigenvalue weighted by atomic mass is 10.1. The maximum absolute atomic E-state index is 9.85. The molecule has 0 aliphatic rings. The van der Waals surface area contributed by atoms with Crippen molar-refractivity contribution in [2.24, 2.45) is 0 Å². The molecule has 2 aromatic heterocycles. The standard InChI is InChI=1S/C15H25N3O4SSi/c1-15(2,19)14-17-12(18-22-14)13-16-11(9-23-13)8-21-10-20-6-7-24(3,4)5/h9,19H,6-8,10H2,1-5H3. The highest BCUT2D eigenvalue weighted by molar-refractivity contribution is 7.13. The highest BCUT2D eigenvalue weighted by atomic mass is 32.1. The van der Waals surface area contributed by atoms with Crippen LogP contribution in [0.15, 0.2) is 9.90 Å². The summed E-state index contributed by atoms with van der Waals surface area (Å²) in [4.78, 5) is 8.58. The predicted molar refractivity (Wildman–Crippen MR) is 94.4 cm³/mol. The van der Waals surface area contributed by atoms with Crippen LogP contribution in [0.4, 0.5) is 0 Å². The van der Waals surface area contributed by atoms with Gasteiger partial charge in [-0.3, -0.25) is 0 Å². The maximum Gasteiger partial charge on any atom is 0.258 e. The van der Waals surface area contributed by atoms with Gasteiger partial charge in [-0.2, -0.15) is 4.98 Å². The third kappa shape index (κ3) is 6.06. The van der Waals surface area contributed by atoms with E-state index in [1.807, 2.05) is 5.38 Å². The zero-order chi connectivity index (χ0) is 17.8. The van der Waals surface area contributed by atoms with Crippen LogP contribution in [0.3, 0.4) is 0 Å². The summed E-state index contributed by atoms with van der Waals surface area (Å²) >= 11 is 1.41. The van der Waals surface area contributed by atoms with Gasteiger partial charge in [-0.05, 0) is 19.9 Å². The first-order chi connectivity index (χ1) is 11.1. The number of thiazole rings is 1. The molecule has 2 aromatic rings. The Bertz CT molecular complexity index is 646. The minimum atomic E-state index is -1.16. The van der Waals surface area contributed by atoms with E-state index < -0.39 is 13.7 Å². The number of ether oxygens (including phenoxy) is 2. The van der Waals surface area contributed by atoms with E-state index in [4.69, 9.17) is 14.0 Å². The molecule has 2 rings (SSSR count). The number of rotatable bonds is 9. The Morgan fingerprint density at radius 2 is 2.00 bits per heavy atom. The average Bonchev–Trinajstić information content (AvgIpc) is 3.09. The third-order valence-corrected chi connectivity index (χ3v) is 5.70. The van der Waals surface area contributed by atoms with Crippen LogP contribution < -0.4 is 0 Å². The van der Waals surface area contributed by atoms with Gasteiger partial charge in [-0.25, -0.2) is 4.98 Å². The van der Waals surface area contributed by atoms with E-state index in [0.29, 0.717) is 17.4 Å². The number of aromatic nitrogens is 3. The smallest absolute Gasteiger partial charge is 0.258 e. The normalized spacial score (nSPS) is 12.8. The Kier molecular flexibility index (Phi) is 6.26. The van der Waals surface area contributed by atoms with Gasteiger partial charge < -0.3 is 19.1 Å². The van der Waals surface area contributed by atoms with Gasteiger partial charge in [0.25, 0.3) is 5.89 Å². The molecule has 0 atom stereocenters. The quantitative estimate of drug-likeness (QED) is 0.411. The summed E-state index contributed by atoms with van der Waals surface area (Å²) < 4.78 is 16.0. The maximum atomic E-state index is 9.85. The fourth-order valence-corrected chi connectivity index (χ4v) is 3.16. The number of aliphatic hydroxyl groups is 1. The van der Waals surface area contributed by atoms with Crippen LogP contribution in [-0.2, 0) is 21.7 Å². The van der Waals surface area contributed by atoms with E-state index in [-0.39, 0.29) is 12.7 Å². The Hall–Kier alpha value is -1.13. The molecule has 0 saturated carbocycles. The summed E-state index contributed by atoms with van der Waals surface area (Å²) in [5.74, 6) is 0.538. The molecule has 0 amide bonds. The lowest BCUT2D eigenvalue weighted by molar-refractivity contribution is -0.0581. The molecular weight excluding hydrogens is 346 g/mol. The lowest BCUT2D eigenvalue weighted by Crippen LogP contribution is -2.22. The van der Waals surface area contributed by atoms with E-state index in [1.54, 1.807) is 13.8 Å². The van der Waals surface area contributed by atoms with E-state index in [0.717, 1.165) is 18.3 Å². The van der Waals surface area contributed by atoms with Gasteiger partial charge >= 0.3 is 0 Å². The molecule has 0 unspecified atom stereocenters. The molecule has 0 aliphatic carbocycles. The molecule has 0 spiro atoms. The third-order valence-electron chi connectivity index (χ3n) is 3.11. The van der Waals surface area contributed by atoms with Crippen molar-refractivity contribution in [2.45, 2.75) is 51.7 Å². The summed E-state index contributed by atoms with van der Waals surface area (Å²) in [7, 11) is -1.06. The predicted octanol–water partition coefficient (Wildman–Crippen LogP) is 3.25. The van der Waals surface area contributed by atoms with Gasteiger partial charge in [0.15, 0.2) is 5.01 Å². The minimum Gasteiger partial charge on any atom is -0.381 e. The topological polar surface area (TPSA) is 90.5 Å². The van der Waals surface area contributed by atoms with Crippen molar-refractivity contribution in [3.63, 3.8) is 0 Å². The summed E-state index contributed by atoms with van der Waals surface area (Å²) in [6.07, 6.45) is 0. The van der Waals surface area contributed by atoms with Gasteiger partial charge in [-0.15, -0.1) is 11.3 Å². The number of nitrogens with zero attached hydrogens (tertiary/aromatic N) is 3. The second kappa shape index (κ2) is 7.83. The van der Waals surface area contributed by atoms with Crippen molar-refractivity contribution in [2.75, 3.05) is 13.4 Å². The second-order valence-electron chi connectivity index (χ2n) is 7.31. The monoisotopic (exact) mass is 371 g/mol. The van der Waals surface area contributed by atoms with Gasteiger partial charge in [-0.1, -0.05) is 24.8 Å². The lowest BCUT2D eigenvalue weighted by Gasteiger charge is -2.15. The number of hydrogen-bond acceptors (Lipinski definition) is 8. The van der Waals surface area contributed by atoms with E-state index in [2.05, 4.69) is 34.8 Å². The Labute approximate surface area is 147 Å². The van der Waals surface area contributed by atoms with Crippen LogP contribution in [0.25, 0.3) is 10.8 Å². The highest BCUT2D eigenvalue weighted by Crippen LogP contribution is 2.24. The van der Waals surface area contributed by atoms with Crippen molar-refractivity contribution in [3.8, 4) is 10.8 Å². The molecule has 134 valence electrons. The molecule has 7 nitrogen and oxygen atoms in total. The molecule has 9 heteroatoms. The first-order valence-electron chi connectivity index (χ1n) is 7.82. The van der Waals surface area contributed by atoms with E-state index in [9.17, 15) is 5.11 Å². The van der Waals surface area contributed by atoms with Crippen molar-refractivity contribution in [1.29, 1.82) is 0 Å². The first-order valence-corrected chi connectivity index (χ1v) is 12.4. The van der Waals surface area contributed by atoms with Crippen LogP contribution in [0.2, 0.25) is 25.7 Å². The molecule has 0 aliphatic heterocycles. The highest BCUT2D eigenvalue weighted by Gasteiger charge is 2.25. The molecule has 24 heavy (non-hydrogen) atoms. The van der Waals surface area contributed by atoms with Crippen LogP contribution in [0.1, 0.15) is 25.4 Å². The number of hydrogen-bond donors (Lipinski definition) is 1. The molecule has 0 radical (unpaired) electrons. The van der Waals surface area contributed by atoms with Crippen LogP contribution >= 0.6 is 11.3 Å². The Morgan fingerprint density at radius 3 is 2.62 bits per heavy atom. The summed E-state index contributed by atoms with van der Waals surface area (Å²) in [5, 5.41) is 16.2. The molecule has 0 aromatic carbocycles. The van der Waals surface area contributed by atoms with Gasteiger partial charge in [0.2, 0.25) is 5.82 Å². The van der Waals surface area contributed by atoms with Crippen molar-refractivity contribution in [1.82, 2.24) is 15.1 Å². The van der Waals surface area contributed by atoms with Crippen LogP contribution in [0, 0.1) is 0 Å². The zero-order valence-corrected chi connectivity index (χ0v) is 16.6. The van der Waals surface area contributed by atoms with Crippen molar-refractivity contribution >= 4 is 19.4 Å². The SMILES string of the molecule is CC(C)(O)c1nc(-c2nc(COCOCC[Si](C)(C)C)cs2)no1. The Morgan fingerprint density at radius 1 is 1.25 bits per heavy atom. The fourth-order valence-electron chi connectivity index (χ4n) is 1.68. The first kappa shape index (κ1) is 19.2. The fraction of sp³-hybridized carbons (Fsp3) is 0.667. The van der Waals surface area contributed by atoms with Crippen LogP contribution in [0.5, 0.6) is 0 Å². The Balaban J connectivity index is 1.78. The van der Waals surface area contributed by atoms with Crippen molar-refractivity contribution in [3.05, 3.63) is 17.0 Å². The molecule has 1 N–H and O–H groups in total. The summed E-state index contributed by atoms with van der Waals surface area (Å²) in [5.41, 5.74) is -0.375. The average molecular weight is 372 g/mol. The molecule has 0 fully saturated rings. The van der Waals surface area contributed by atoms with E-state index >= 15 is 0 Å². The zero-order valence-electron chi connectivity index (χ0n) is 14.8. The molecule has 0 bridgehead atoms. The van der Waals surface area contributed by atoms with E-state index in [1.165, 1.54) is 11.3 Å². The van der Waals surface area contributed by atoms with Crippen LogP contribution in [-0.4, -0.2) is 41.7 Å². The minimum absolute atomic E-state index is 0.168. The summed E-state index contributed by atoms with van der Waals surface area (Å²) in [6.45, 7) is 11.5. The summed E-state index contributed by atoms with van der Waals surface area (Å²) in [6, 6.07) is 1.12.